The fourth-order valence-electron chi connectivity index (χ4n) is 11.8. The first-order valence-electron chi connectivity index (χ1n) is 23.5. The second kappa shape index (κ2) is 22.0. The van der Waals surface area contributed by atoms with Gasteiger partial charge in [0.25, 0.3) is 0 Å². The van der Waals surface area contributed by atoms with Crippen molar-refractivity contribution in [3.05, 3.63) is 130 Å². The predicted molar refractivity (Wildman–Crippen MR) is 242 cm³/mol. The first kappa shape index (κ1) is 59.0. The Hall–Kier alpha value is -3.27. The van der Waals surface area contributed by atoms with Gasteiger partial charge in [0, 0.05) is 0 Å². The Balaban J connectivity index is 0.000000200. The molecule has 0 unspecified atom stereocenters. The average Bonchev–Trinajstić information content (AvgIpc) is 4.15. The molecule has 0 spiro atoms. The van der Waals surface area contributed by atoms with E-state index in [2.05, 4.69) is 0 Å². The van der Waals surface area contributed by atoms with E-state index in [0.717, 1.165) is 70.8 Å². The van der Waals surface area contributed by atoms with Gasteiger partial charge in [0.05, 0.1) is 22.3 Å². The van der Waals surface area contributed by atoms with Gasteiger partial charge in [-0.25, -0.2) is 0 Å². The Labute approximate surface area is 440 Å². The molecule has 0 aliphatic heterocycles. The molecule has 0 amide bonds. The molecule has 394 valence electrons. The van der Waals surface area contributed by atoms with E-state index in [1.165, 1.54) is 87.5 Å². The second-order valence-corrected chi connectivity index (χ2v) is 28.8. The van der Waals surface area contributed by atoms with Crippen LogP contribution in [0.1, 0.15) is 104 Å². The molecule has 4 bridgehead atoms. The Morgan fingerprint density at radius 1 is 0.507 bits per heavy atom. The number of halogens is 17. The average molecular weight is 1170 g/mol. The van der Waals surface area contributed by atoms with Crippen molar-refractivity contribution in [2.75, 3.05) is 0 Å². The van der Waals surface area contributed by atoms with Gasteiger partial charge in [-0.05, 0) is 147 Å². The molecule has 0 nitrogen and oxygen atoms in total. The Morgan fingerprint density at radius 3 is 1.08 bits per heavy atom. The van der Waals surface area contributed by atoms with Crippen molar-refractivity contribution in [1.82, 2.24) is 0 Å². The third kappa shape index (κ3) is 14.2. The molecule has 6 aromatic rings. The molecule has 10 rings (SSSR count). The predicted octanol–water partition coefficient (Wildman–Crippen LogP) is 12.9. The summed E-state index contributed by atoms with van der Waals surface area (Å²) in [6, 6.07) is 22.3. The normalized spacial score (nSPS) is 21.6. The Morgan fingerprint density at radius 2 is 0.836 bits per heavy atom. The van der Waals surface area contributed by atoms with Gasteiger partial charge < -0.3 is 24.8 Å². The van der Waals surface area contributed by atoms with Crippen molar-refractivity contribution in [1.29, 1.82) is 0 Å². The van der Waals surface area contributed by atoms with Crippen molar-refractivity contribution < 1.29 is 114 Å². The van der Waals surface area contributed by atoms with Crippen molar-refractivity contribution in [2.45, 2.75) is 127 Å². The van der Waals surface area contributed by atoms with Crippen LogP contribution in [0, 0.1) is 22.7 Å². The molecule has 4 aliphatic carbocycles. The maximum atomic E-state index is 13.3. The number of hydrogen-bond acceptors (Lipinski definition) is 0. The van der Waals surface area contributed by atoms with Crippen LogP contribution >= 0.6 is 0 Å². The van der Waals surface area contributed by atoms with Crippen LogP contribution in [0.15, 0.2) is 97.1 Å². The molecule has 4 aliphatic rings. The SMILES string of the molecule is C[Si](=[Zr+2])CCC(F)(F)F.FC(F)(F)c1cc(-c2cccc3[cH-]c(CC45CCC(CC4)C5)cc23)cc(C(F)(F)F)c1.FC(F)(F)c1cc(-c2cccc3[cH-]c(CC45CCC(CC4)C5)cc23)cc(C(F)(F)F)c1.[Cl-].[Cl-]. The van der Waals surface area contributed by atoms with Crippen molar-refractivity contribution >= 4 is 27.0 Å². The van der Waals surface area contributed by atoms with E-state index in [-0.39, 0.29) is 48.1 Å². The third-order valence-electron chi connectivity index (χ3n) is 15.1. The first-order chi connectivity index (χ1) is 33.0. The minimum absolute atomic E-state index is 0. The number of rotatable bonds is 8. The van der Waals surface area contributed by atoms with Gasteiger partial charge in [-0.3, -0.25) is 0 Å². The molecule has 0 aromatic heterocycles. The quantitative estimate of drug-likeness (QED) is 0.0809. The first-order valence-corrected chi connectivity index (χ1v) is 29.4. The van der Waals surface area contributed by atoms with Crippen LogP contribution in [0.4, 0.5) is 65.9 Å². The monoisotopic (exact) mass is 1170 g/mol. The van der Waals surface area contributed by atoms with Crippen LogP contribution in [0.25, 0.3) is 43.8 Å². The number of benzene rings is 4. The van der Waals surface area contributed by atoms with Crippen LogP contribution in [0.5, 0.6) is 0 Å². The fraction of sp³-hybridized carbons (Fsp3) is 0.444. The van der Waals surface area contributed by atoms with E-state index in [0.29, 0.717) is 38.8 Å². The molecular weight excluding hydrogens is 1120 g/mol. The molecule has 4 fully saturated rings. The summed E-state index contributed by atoms with van der Waals surface area (Å²) < 4.78 is 194. The third-order valence-corrected chi connectivity index (χ3v) is 18.0. The molecule has 4 saturated carbocycles. The fourth-order valence-corrected chi connectivity index (χ4v) is 13.4. The molecule has 0 atom stereocenters. The largest absolute Gasteiger partial charge is 1.00 e. The molecular formula is C54H49Cl2F15SiZr-2. The Kier molecular flexibility index (Phi) is 17.8. The second-order valence-electron chi connectivity index (χ2n) is 20.5. The van der Waals surface area contributed by atoms with E-state index in [4.69, 9.17) is 0 Å². The number of alkyl halides is 15. The zero-order chi connectivity index (χ0) is 51.5. The van der Waals surface area contributed by atoms with Crippen molar-refractivity contribution in [3.8, 4) is 22.3 Å². The van der Waals surface area contributed by atoms with Crippen molar-refractivity contribution in [2.24, 2.45) is 22.7 Å². The number of hydrogen-bond donors (Lipinski definition) is 0. The smallest absolute Gasteiger partial charge is 0.416 e. The summed E-state index contributed by atoms with van der Waals surface area (Å²) in [5.41, 5.74) is -2.22. The maximum absolute atomic E-state index is 13.3. The van der Waals surface area contributed by atoms with Gasteiger partial charge >= 0.3 is 91.8 Å². The maximum Gasteiger partial charge on any atom is 0.416 e. The molecule has 0 saturated heterocycles. The van der Waals surface area contributed by atoms with Gasteiger partial charge in [0.2, 0.25) is 0 Å². The van der Waals surface area contributed by atoms with Crippen LogP contribution in [0.2, 0.25) is 12.6 Å². The van der Waals surface area contributed by atoms with E-state index in [1.807, 2.05) is 42.9 Å². The molecule has 0 heterocycles. The minimum atomic E-state index is -4.86. The summed E-state index contributed by atoms with van der Waals surface area (Å²) in [5.74, 6) is 1.62. The van der Waals surface area contributed by atoms with Crippen LogP contribution in [0.3, 0.4) is 0 Å². The summed E-state index contributed by atoms with van der Waals surface area (Å²) in [7, 11) is 0. The van der Waals surface area contributed by atoms with Gasteiger partial charge in [0.1, 0.15) is 0 Å². The van der Waals surface area contributed by atoms with Crippen LogP contribution in [-0.4, -0.2) is 11.6 Å². The summed E-state index contributed by atoms with van der Waals surface area (Å²) in [5, 5.41) is 3.10. The summed E-state index contributed by atoms with van der Waals surface area (Å²) in [4.78, 5) is 0. The standard InChI is InChI=1S/2C25H21F6.C4H7F3Si.2ClH.Zr/c2*26-24(27,28)19-10-18(11-20(12-19)25(29,30)31)21-3-1-2-17-8-16(9-22(17)21)14-23-6-4-15(13-23)5-7-23;1-8-3-2-4(5,6)7;;;/h2*1-3,8-12,15H,4-7,13-14H2;2-3H2,1H3;2*1H;/q2*-1;;;;+2/p-2. The van der Waals surface area contributed by atoms with Gasteiger partial charge in [-0.1, -0.05) is 23.3 Å². The van der Waals surface area contributed by atoms with E-state index in [1.54, 1.807) is 24.3 Å². The summed E-state index contributed by atoms with van der Waals surface area (Å²) in [6.07, 6.45) is -9.79. The topological polar surface area (TPSA) is 0 Å². The minimum Gasteiger partial charge on any atom is -1.00 e. The molecule has 19 heteroatoms. The molecule has 73 heavy (non-hydrogen) atoms. The molecule has 0 N–H and O–H groups in total. The number of fused-ring (bicyclic) bond motifs is 6. The summed E-state index contributed by atoms with van der Waals surface area (Å²) >= 11 is 1.29. The van der Waals surface area contributed by atoms with Gasteiger partial charge in [0.15, 0.2) is 0 Å². The van der Waals surface area contributed by atoms with E-state index in [9.17, 15) is 65.9 Å². The molecule has 6 aromatic carbocycles. The van der Waals surface area contributed by atoms with Gasteiger partial charge in [-0.2, -0.15) is 64.8 Å². The van der Waals surface area contributed by atoms with E-state index < -0.39 is 65.0 Å². The van der Waals surface area contributed by atoms with Crippen molar-refractivity contribution in [3.63, 3.8) is 0 Å². The zero-order valence-electron chi connectivity index (χ0n) is 39.2. The Bertz CT molecular complexity index is 2640. The molecule has 0 radical (unpaired) electrons. The summed E-state index contributed by atoms with van der Waals surface area (Å²) in [6.45, 7) is 1.93. The van der Waals surface area contributed by atoms with Crippen LogP contribution < -0.4 is 24.8 Å². The zero-order valence-corrected chi connectivity index (χ0v) is 44.2. The van der Waals surface area contributed by atoms with Crippen LogP contribution in [-0.2, 0) is 60.9 Å². The van der Waals surface area contributed by atoms with Gasteiger partial charge in [-0.15, -0.1) is 69.1 Å². The van der Waals surface area contributed by atoms with E-state index >= 15 is 0 Å².